The van der Waals surface area contributed by atoms with Crippen molar-refractivity contribution in [3.63, 3.8) is 0 Å². The topological polar surface area (TPSA) is 46.3 Å². The molecule has 2 N–H and O–H groups in total. The van der Waals surface area contributed by atoms with Gasteiger partial charge in [0, 0.05) is 17.8 Å². The van der Waals surface area contributed by atoms with Crippen molar-refractivity contribution in [3.8, 4) is 0 Å². The van der Waals surface area contributed by atoms with E-state index in [0.29, 0.717) is 13.0 Å². The first-order valence-electron chi connectivity index (χ1n) is 5.28. The maximum Gasteiger partial charge on any atom is 0.222 e. The van der Waals surface area contributed by atoms with Crippen LogP contribution >= 0.6 is 23.7 Å². The average molecular weight is 263 g/mol. The second kappa shape index (κ2) is 8.56. The van der Waals surface area contributed by atoms with Crippen molar-refractivity contribution in [1.82, 2.24) is 4.90 Å². The second-order valence-corrected chi connectivity index (χ2v) is 4.41. The molecular formula is C11H19ClN2OS. The van der Waals surface area contributed by atoms with E-state index in [1.165, 1.54) is 4.88 Å². The van der Waals surface area contributed by atoms with Gasteiger partial charge in [-0.05, 0) is 31.3 Å². The largest absolute Gasteiger partial charge is 0.338 e. The van der Waals surface area contributed by atoms with Crippen LogP contribution in [0.5, 0.6) is 0 Å². The average Bonchev–Trinajstić information content (AvgIpc) is 2.75. The lowest BCUT2D eigenvalue weighted by atomic mass is 10.2. The van der Waals surface area contributed by atoms with E-state index in [1.54, 1.807) is 11.3 Å². The number of carbonyl (C=O) groups is 1. The quantitative estimate of drug-likeness (QED) is 0.855. The highest BCUT2D eigenvalue weighted by atomic mass is 35.5. The molecule has 0 spiro atoms. The van der Waals surface area contributed by atoms with Crippen molar-refractivity contribution in [2.24, 2.45) is 5.73 Å². The summed E-state index contributed by atoms with van der Waals surface area (Å²) < 4.78 is 0. The highest BCUT2D eigenvalue weighted by Crippen LogP contribution is 2.12. The third-order valence-electron chi connectivity index (χ3n) is 2.26. The Balaban J connectivity index is 0.00000225. The molecular weight excluding hydrogens is 244 g/mol. The maximum absolute atomic E-state index is 11.7. The van der Waals surface area contributed by atoms with Crippen molar-refractivity contribution in [3.05, 3.63) is 22.4 Å². The summed E-state index contributed by atoms with van der Waals surface area (Å²) >= 11 is 1.69. The molecule has 0 aliphatic heterocycles. The SMILES string of the molecule is CCN(Cc1cccs1)C(=O)CCCN.Cl. The number of hydrogen-bond donors (Lipinski definition) is 1. The molecule has 0 saturated carbocycles. The number of nitrogens with zero attached hydrogens (tertiary/aromatic N) is 1. The Morgan fingerprint density at radius 2 is 2.31 bits per heavy atom. The van der Waals surface area contributed by atoms with Gasteiger partial charge in [0.1, 0.15) is 0 Å². The predicted octanol–water partition coefficient (Wildman–Crippen LogP) is 2.26. The van der Waals surface area contributed by atoms with Crippen LogP contribution in [-0.2, 0) is 11.3 Å². The van der Waals surface area contributed by atoms with Crippen molar-refractivity contribution < 1.29 is 4.79 Å². The molecule has 0 aromatic carbocycles. The van der Waals surface area contributed by atoms with Gasteiger partial charge < -0.3 is 10.6 Å². The van der Waals surface area contributed by atoms with E-state index in [9.17, 15) is 4.79 Å². The number of amides is 1. The summed E-state index contributed by atoms with van der Waals surface area (Å²) in [6.07, 6.45) is 1.34. The van der Waals surface area contributed by atoms with Gasteiger partial charge in [0.15, 0.2) is 0 Å². The smallest absolute Gasteiger partial charge is 0.222 e. The molecule has 1 aromatic heterocycles. The van der Waals surface area contributed by atoms with Gasteiger partial charge in [0.25, 0.3) is 0 Å². The Labute approximate surface area is 107 Å². The van der Waals surface area contributed by atoms with Gasteiger partial charge in [-0.3, -0.25) is 4.79 Å². The predicted molar refractivity (Wildman–Crippen MR) is 70.9 cm³/mol. The van der Waals surface area contributed by atoms with Crippen molar-refractivity contribution in [1.29, 1.82) is 0 Å². The van der Waals surface area contributed by atoms with Crippen molar-refractivity contribution in [2.75, 3.05) is 13.1 Å². The zero-order chi connectivity index (χ0) is 11.1. The van der Waals surface area contributed by atoms with Gasteiger partial charge in [0.2, 0.25) is 5.91 Å². The Morgan fingerprint density at radius 1 is 1.56 bits per heavy atom. The van der Waals surface area contributed by atoms with E-state index in [-0.39, 0.29) is 18.3 Å². The highest BCUT2D eigenvalue weighted by Gasteiger charge is 2.11. The molecule has 1 rings (SSSR count). The molecule has 0 aliphatic carbocycles. The zero-order valence-electron chi connectivity index (χ0n) is 9.52. The number of carbonyl (C=O) groups excluding carboxylic acids is 1. The molecule has 0 fully saturated rings. The number of halogens is 1. The fraction of sp³-hybridized carbons (Fsp3) is 0.545. The summed E-state index contributed by atoms with van der Waals surface area (Å²) in [6.45, 7) is 4.09. The van der Waals surface area contributed by atoms with Gasteiger partial charge in [0.05, 0.1) is 6.54 Å². The lowest BCUT2D eigenvalue weighted by Crippen LogP contribution is -2.30. The minimum atomic E-state index is 0. The van der Waals surface area contributed by atoms with Gasteiger partial charge in [-0.2, -0.15) is 0 Å². The molecule has 1 amide bonds. The Hall–Kier alpha value is -0.580. The minimum Gasteiger partial charge on any atom is -0.338 e. The monoisotopic (exact) mass is 262 g/mol. The Kier molecular flexibility index (Phi) is 8.25. The van der Waals surface area contributed by atoms with Crippen LogP contribution in [0.2, 0.25) is 0 Å². The van der Waals surface area contributed by atoms with Crippen LogP contribution in [0.25, 0.3) is 0 Å². The molecule has 0 unspecified atom stereocenters. The third-order valence-corrected chi connectivity index (χ3v) is 3.12. The molecule has 92 valence electrons. The summed E-state index contributed by atoms with van der Waals surface area (Å²) in [4.78, 5) is 14.8. The van der Waals surface area contributed by atoms with Crippen molar-refractivity contribution >= 4 is 29.7 Å². The molecule has 5 heteroatoms. The lowest BCUT2D eigenvalue weighted by Gasteiger charge is -2.19. The van der Waals surface area contributed by atoms with Crippen LogP contribution in [0.15, 0.2) is 17.5 Å². The number of rotatable bonds is 6. The zero-order valence-corrected chi connectivity index (χ0v) is 11.1. The summed E-state index contributed by atoms with van der Waals surface area (Å²) in [5, 5.41) is 2.04. The lowest BCUT2D eigenvalue weighted by molar-refractivity contribution is -0.131. The summed E-state index contributed by atoms with van der Waals surface area (Å²) in [5.74, 6) is 0.205. The molecule has 0 atom stereocenters. The molecule has 0 saturated heterocycles. The van der Waals surface area contributed by atoms with Crippen LogP contribution in [0.4, 0.5) is 0 Å². The molecule has 16 heavy (non-hydrogen) atoms. The Morgan fingerprint density at radius 3 is 2.81 bits per heavy atom. The van der Waals surface area contributed by atoms with Crippen LogP contribution in [0.1, 0.15) is 24.6 Å². The first kappa shape index (κ1) is 15.4. The Bertz CT molecular complexity index is 290. The fourth-order valence-corrected chi connectivity index (χ4v) is 2.10. The summed E-state index contributed by atoms with van der Waals surface area (Å²) in [6, 6.07) is 4.07. The summed E-state index contributed by atoms with van der Waals surface area (Å²) in [5.41, 5.74) is 5.39. The maximum atomic E-state index is 11.7. The fourth-order valence-electron chi connectivity index (χ4n) is 1.38. The molecule has 0 aliphatic rings. The first-order chi connectivity index (χ1) is 7.27. The van der Waals surface area contributed by atoms with E-state index in [0.717, 1.165) is 19.5 Å². The van der Waals surface area contributed by atoms with E-state index < -0.39 is 0 Å². The van der Waals surface area contributed by atoms with Gasteiger partial charge in [-0.1, -0.05) is 6.07 Å². The molecule has 1 aromatic rings. The van der Waals surface area contributed by atoms with Crippen LogP contribution in [0.3, 0.4) is 0 Å². The van der Waals surface area contributed by atoms with E-state index >= 15 is 0 Å². The normalized spacial score (nSPS) is 9.62. The minimum absolute atomic E-state index is 0. The van der Waals surface area contributed by atoms with Crippen LogP contribution in [-0.4, -0.2) is 23.9 Å². The van der Waals surface area contributed by atoms with E-state index in [2.05, 4.69) is 6.07 Å². The van der Waals surface area contributed by atoms with Crippen molar-refractivity contribution in [2.45, 2.75) is 26.3 Å². The molecule has 0 bridgehead atoms. The first-order valence-corrected chi connectivity index (χ1v) is 6.16. The van der Waals surface area contributed by atoms with Gasteiger partial charge >= 0.3 is 0 Å². The van der Waals surface area contributed by atoms with Gasteiger partial charge in [-0.25, -0.2) is 0 Å². The van der Waals surface area contributed by atoms with Crippen LogP contribution < -0.4 is 5.73 Å². The number of hydrogen-bond acceptors (Lipinski definition) is 3. The number of thiophene rings is 1. The summed E-state index contributed by atoms with van der Waals surface area (Å²) in [7, 11) is 0. The second-order valence-electron chi connectivity index (χ2n) is 3.38. The molecule has 1 heterocycles. The van der Waals surface area contributed by atoms with Crippen LogP contribution in [0, 0.1) is 0 Å². The molecule has 0 radical (unpaired) electrons. The number of nitrogens with two attached hydrogens (primary N) is 1. The standard InChI is InChI=1S/C11H18N2OS.ClH/c1-2-13(11(14)6-3-7-12)9-10-5-4-8-15-10;/h4-5,8H,2-3,6-7,9,12H2,1H3;1H. The highest BCUT2D eigenvalue weighted by molar-refractivity contribution is 7.09. The van der Waals surface area contributed by atoms with E-state index in [1.807, 2.05) is 23.3 Å². The third kappa shape index (κ3) is 4.96. The van der Waals surface area contributed by atoms with Gasteiger partial charge in [-0.15, -0.1) is 23.7 Å². The van der Waals surface area contributed by atoms with E-state index in [4.69, 9.17) is 5.73 Å². The molecule has 3 nitrogen and oxygen atoms in total.